The van der Waals surface area contributed by atoms with E-state index in [2.05, 4.69) is 15.0 Å². The fraction of sp³-hybridized carbons (Fsp3) is 0.500. The van der Waals surface area contributed by atoms with E-state index in [1.807, 2.05) is 0 Å². The Morgan fingerprint density at radius 2 is 2.20 bits per heavy atom. The molecule has 2 aromatic heterocycles. The van der Waals surface area contributed by atoms with Crippen molar-refractivity contribution in [3.8, 4) is 0 Å². The lowest BCUT2D eigenvalue weighted by Gasteiger charge is -2.13. The van der Waals surface area contributed by atoms with E-state index >= 15 is 0 Å². The highest BCUT2D eigenvalue weighted by molar-refractivity contribution is 7.54. The van der Waals surface area contributed by atoms with E-state index in [-0.39, 0.29) is 11.5 Å². The van der Waals surface area contributed by atoms with Gasteiger partial charge in [-0.1, -0.05) is 0 Å². The highest BCUT2D eigenvalue weighted by atomic mass is 31.1. The first-order chi connectivity index (χ1) is 9.52. The zero-order valence-corrected chi connectivity index (χ0v) is 11.1. The summed E-state index contributed by atoms with van der Waals surface area (Å²) in [6.45, 7) is -0.410. The lowest BCUT2D eigenvalue weighted by atomic mass is 10.2. The van der Waals surface area contributed by atoms with Crippen molar-refractivity contribution in [2.75, 3.05) is 12.3 Å². The van der Waals surface area contributed by atoms with Crippen LogP contribution in [-0.4, -0.2) is 55.2 Å². The molecule has 0 amide bonds. The van der Waals surface area contributed by atoms with E-state index < -0.39 is 43.9 Å². The van der Waals surface area contributed by atoms with E-state index in [1.165, 1.54) is 5.93 Å². The van der Waals surface area contributed by atoms with Crippen LogP contribution in [0.5, 0.6) is 0 Å². The van der Waals surface area contributed by atoms with Gasteiger partial charge in [-0.2, -0.15) is 0 Å². The number of aromatic nitrogens is 3. The molecule has 1 saturated heterocycles. The van der Waals surface area contributed by atoms with Crippen LogP contribution in [0.15, 0.2) is 10.7 Å². The fourth-order valence-electron chi connectivity index (χ4n) is 2.24. The quantitative estimate of drug-likeness (QED) is 0.449. The average Bonchev–Trinajstić information content (AvgIpc) is 2.93. The number of nitrogens with zero attached hydrogens (tertiary/aromatic N) is 2. The molecule has 10 heteroatoms. The molecule has 1 fully saturated rings. The summed E-state index contributed by atoms with van der Waals surface area (Å²) in [4.78, 5) is 22.0. The number of rotatable bonds is 2. The van der Waals surface area contributed by atoms with Crippen LogP contribution >= 0.6 is 7.53 Å². The van der Waals surface area contributed by atoms with Gasteiger partial charge < -0.3 is 25.8 Å². The molecular weight excluding hydrogens is 287 g/mol. The van der Waals surface area contributed by atoms with Crippen LogP contribution in [0.1, 0.15) is 5.85 Å². The van der Waals surface area contributed by atoms with Crippen molar-refractivity contribution in [2.45, 2.75) is 24.2 Å². The van der Waals surface area contributed by atoms with E-state index in [0.29, 0.717) is 5.25 Å². The Hall–Kier alpha value is -1.51. The fourth-order valence-corrected chi connectivity index (χ4v) is 4.38. The second kappa shape index (κ2) is 4.80. The molecule has 6 N–H and O–H groups in total. The van der Waals surface area contributed by atoms with Crippen molar-refractivity contribution in [2.24, 2.45) is 0 Å². The predicted molar refractivity (Wildman–Crippen MR) is 70.3 cm³/mol. The predicted octanol–water partition coefficient (Wildman–Crippen LogP) is -1.50. The van der Waals surface area contributed by atoms with Gasteiger partial charge in [-0.05, 0) is 7.53 Å². The Labute approximate surface area is 113 Å². The van der Waals surface area contributed by atoms with Crippen LogP contribution in [0.3, 0.4) is 0 Å². The molecule has 2 unspecified atom stereocenters. The van der Waals surface area contributed by atoms with Gasteiger partial charge in [-0.15, -0.1) is 0 Å². The van der Waals surface area contributed by atoms with Crippen molar-refractivity contribution in [3.63, 3.8) is 0 Å². The minimum absolute atomic E-state index is 0.0431. The number of nitrogens with two attached hydrogens (primary N) is 1. The number of aromatic amines is 1. The molecule has 0 spiro atoms. The maximum atomic E-state index is 11.7. The number of H-pyrrole nitrogens is 1. The topological polar surface area (TPSA) is 155 Å². The van der Waals surface area contributed by atoms with Crippen molar-refractivity contribution < 1.29 is 20.1 Å². The Kier molecular flexibility index (Phi) is 3.23. The number of hydrogen-bond donors (Lipinski definition) is 5. The van der Waals surface area contributed by atoms with Crippen molar-refractivity contribution in [3.05, 3.63) is 16.3 Å². The van der Waals surface area contributed by atoms with Crippen LogP contribution in [0.4, 0.5) is 5.95 Å². The maximum absolute atomic E-state index is 11.7. The zero-order valence-electron chi connectivity index (χ0n) is 10.2. The van der Waals surface area contributed by atoms with Gasteiger partial charge in [0.25, 0.3) is 5.56 Å². The normalized spacial score (nSPS) is 31.1. The first-order valence-electron chi connectivity index (χ1n) is 5.87. The molecule has 20 heavy (non-hydrogen) atoms. The molecule has 108 valence electrons. The highest BCUT2D eigenvalue weighted by Gasteiger charge is 2.44. The number of fused-ring (bicyclic) bond motifs is 1. The van der Waals surface area contributed by atoms with Gasteiger partial charge >= 0.3 is 0 Å². The Morgan fingerprint density at radius 3 is 2.85 bits per heavy atom. The molecule has 0 aliphatic carbocycles. The molecule has 3 rings (SSSR count). The SMILES string of the molecule is Nc1nc2c(ncp2C2O[C@H](CO)[C@@H](O)[C@H]2O)c(=O)[nH]1. The second-order valence-electron chi connectivity index (χ2n) is 4.50. The summed E-state index contributed by atoms with van der Waals surface area (Å²) in [6.07, 6.45) is -3.24. The molecule has 1 aliphatic heterocycles. The number of nitrogen functional groups attached to an aromatic ring is 1. The lowest BCUT2D eigenvalue weighted by molar-refractivity contribution is -0.0124. The number of anilines is 1. The van der Waals surface area contributed by atoms with Gasteiger partial charge in [0.15, 0.2) is 5.52 Å². The smallest absolute Gasteiger partial charge is 0.279 e. The lowest BCUT2D eigenvalue weighted by Crippen LogP contribution is -2.32. The van der Waals surface area contributed by atoms with Gasteiger partial charge in [-0.3, -0.25) is 9.78 Å². The van der Waals surface area contributed by atoms with Gasteiger partial charge in [-0.25, -0.2) is 9.97 Å². The average molecular weight is 300 g/mol. The summed E-state index contributed by atoms with van der Waals surface area (Å²) in [5, 5.41) is 29.2. The number of aliphatic hydroxyl groups is 3. The highest BCUT2D eigenvalue weighted by Crippen LogP contribution is 2.51. The van der Waals surface area contributed by atoms with Crippen LogP contribution in [-0.2, 0) is 4.74 Å². The summed E-state index contributed by atoms with van der Waals surface area (Å²) < 4.78 is 5.45. The Morgan fingerprint density at radius 1 is 1.45 bits per heavy atom. The summed E-state index contributed by atoms with van der Waals surface area (Å²) in [5.74, 6) is 0.663. The molecule has 0 bridgehead atoms. The van der Waals surface area contributed by atoms with Crippen molar-refractivity contribution >= 4 is 24.2 Å². The molecular formula is C10H13N4O5P. The summed E-state index contributed by atoms with van der Waals surface area (Å²) in [5.41, 5.74) is 5.19. The summed E-state index contributed by atoms with van der Waals surface area (Å²) >= 11 is 0. The number of hydrogen-bond acceptors (Lipinski definition) is 8. The first-order valence-corrected chi connectivity index (χ1v) is 7.35. The Bertz CT molecular complexity index is 701. The Balaban J connectivity index is 2.09. The third-order valence-electron chi connectivity index (χ3n) is 3.24. The third-order valence-corrected chi connectivity index (χ3v) is 5.38. The minimum atomic E-state index is -1.34. The monoisotopic (exact) mass is 300 g/mol. The molecule has 1 aliphatic rings. The molecule has 0 aromatic carbocycles. The van der Waals surface area contributed by atoms with E-state index in [0.717, 1.165) is 0 Å². The van der Waals surface area contributed by atoms with Crippen molar-refractivity contribution in [1.82, 2.24) is 15.0 Å². The first kappa shape index (κ1) is 13.5. The van der Waals surface area contributed by atoms with Crippen LogP contribution in [0.25, 0.3) is 10.8 Å². The zero-order chi connectivity index (χ0) is 14.4. The molecule has 9 nitrogen and oxygen atoms in total. The largest absolute Gasteiger partial charge is 0.394 e. The molecule has 5 atom stereocenters. The van der Waals surface area contributed by atoms with Gasteiger partial charge in [0.1, 0.15) is 29.4 Å². The molecule has 2 aromatic rings. The second-order valence-corrected chi connectivity index (χ2v) is 6.48. The summed E-state index contributed by atoms with van der Waals surface area (Å²) in [6, 6.07) is 0. The molecule has 0 radical (unpaired) electrons. The third kappa shape index (κ3) is 1.91. The van der Waals surface area contributed by atoms with E-state index in [9.17, 15) is 15.0 Å². The standard InChI is InChI=1S/C10H13N4O5P/c11-10-13-7(18)4-8(14-10)20(2-12-4)9-6(17)5(16)3(1-15)19-9/h2-3,5-6,9,15-17H,1H2,(H3,11,13,14,18)/t3-,5-,6-,9?,20?/m1/s1. The summed E-state index contributed by atoms with van der Waals surface area (Å²) in [7, 11) is -1.34. The minimum Gasteiger partial charge on any atom is -0.394 e. The number of ether oxygens (including phenoxy) is 1. The van der Waals surface area contributed by atoms with Crippen LogP contribution in [0.2, 0.25) is 0 Å². The van der Waals surface area contributed by atoms with E-state index in [4.69, 9.17) is 15.6 Å². The number of nitrogens with one attached hydrogen (secondary N) is 1. The van der Waals surface area contributed by atoms with Gasteiger partial charge in [0.2, 0.25) is 5.95 Å². The molecule has 0 saturated carbocycles. The number of aliphatic hydroxyl groups excluding tert-OH is 3. The van der Waals surface area contributed by atoms with Gasteiger partial charge in [0, 0.05) is 0 Å². The van der Waals surface area contributed by atoms with Crippen molar-refractivity contribution in [1.29, 1.82) is 0 Å². The maximum Gasteiger partial charge on any atom is 0.279 e. The molecule has 3 heterocycles. The van der Waals surface area contributed by atoms with Crippen LogP contribution in [0, 0.1) is 0 Å². The van der Waals surface area contributed by atoms with E-state index in [1.54, 1.807) is 0 Å². The van der Waals surface area contributed by atoms with Gasteiger partial charge in [0.05, 0.1) is 12.5 Å². The van der Waals surface area contributed by atoms with Crippen LogP contribution < -0.4 is 11.3 Å².